The summed E-state index contributed by atoms with van der Waals surface area (Å²) in [5.41, 5.74) is 0.158. The summed E-state index contributed by atoms with van der Waals surface area (Å²) in [6, 6.07) is 15.1. The van der Waals surface area contributed by atoms with Crippen molar-refractivity contribution in [2.45, 2.75) is 35.1 Å². The molecule has 3 aromatic rings. The number of benzene rings is 2. The zero-order valence-corrected chi connectivity index (χ0v) is 24.2. The smallest absolute Gasteiger partial charge is 0.271 e. The molecule has 10 nitrogen and oxygen atoms in total. The van der Waals surface area contributed by atoms with E-state index in [0.29, 0.717) is 0 Å². The Balaban J connectivity index is 1.76. The van der Waals surface area contributed by atoms with Crippen LogP contribution in [0.25, 0.3) is 0 Å². The topological polar surface area (TPSA) is 133 Å². The fourth-order valence-corrected chi connectivity index (χ4v) is 7.54. The Morgan fingerprint density at radius 3 is 2.46 bits per heavy atom. The average Bonchev–Trinajstić information content (AvgIpc) is 3.47. The number of fused-ring (bicyclic) bond motifs is 1. The van der Waals surface area contributed by atoms with Gasteiger partial charge < -0.3 is 14.7 Å². The highest BCUT2D eigenvalue weighted by molar-refractivity contribution is 7.94. The van der Waals surface area contributed by atoms with E-state index in [2.05, 4.69) is 4.72 Å². The summed E-state index contributed by atoms with van der Waals surface area (Å²) in [6.45, 7) is 3.36. The van der Waals surface area contributed by atoms with Gasteiger partial charge in [-0.05, 0) is 42.6 Å². The molecule has 1 amide bonds. The molecule has 2 heterocycles. The first kappa shape index (κ1) is 29.0. The van der Waals surface area contributed by atoms with E-state index < -0.39 is 38.1 Å². The molecular formula is C26H31N3O7S3. The third-order valence-corrected chi connectivity index (χ3v) is 11.2. The number of amides is 1. The Morgan fingerprint density at radius 2 is 1.82 bits per heavy atom. The maximum Gasteiger partial charge on any atom is 0.271 e. The lowest BCUT2D eigenvalue weighted by molar-refractivity contribution is 0.0389. The third-order valence-electron chi connectivity index (χ3n) is 6.58. The zero-order chi connectivity index (χ0) is 28.4. The van der Waals surface area contributed by atoms with Crippen LogP contribution in [0.4, 0.5) is 5.69 Å². The maximum absolute atomic E-state index is 13.6. The lowest BCUT2D eigenvalue weighted by Crippen LogP contribution is -2.50. The van der Waals surface area contributed by atoms with Gasteiger partial charge in [0.15, 0.2) is 5.75 Å². The number of para-hydroxylation sites is 1. The lowest BCUT2D eigenvalue weighted by Gasteiger charge is -2.38. The molecule has 0 radical (unpaired) electrons. The number of carbonyl (C=O) groups is 1. The zero-order valence-electron chi connectivity index (χ0n) is 21.7. The summed E-state index contributed by atoms with van der Waals surface area (Å²) in [6.07, 6.45) is -0.763. The molecule has 2 aromatic carbocycles. The molecule has 1 aliphatic heterocycles. The Bertz CT molecular complexity index is 1510. The third kappa shape index (κ3) is 6.12. The van der Waals surface area contributed by atoms with E-state index in [1.54, 1.807) is 42.6 Å². The molecule has 0 unspecified atom stereocenters. The summed E-state index contributed by atoms with van der Waals surface area (Å²) >= 11 is 1.04. The maximum atomic E-state index is 13.6. The number of thiophene rings is 1. The predicted octanol–water partition coefficient (Wildman–Crippen LogP) is 3.09. The Morgan fingerprint density at radius 1 is 1.10 bits per heavy atom. The molecule has 210 valence electrons. The first-order valence-electron chi connectivity index (χ1n) is 12.2. The van der Waals surface area contributed by atoms with E-state index >= 15 is 0 Å². The Hall–Kier alpha value is -2.97. The van der Waals surface area contributed by atoms with Gasteiger partial charge in [0, 0.05) is 19.5 Å². The van der Waals surface area contributed by atoms with Crippen LogP contribution in [-0.4, -0.2) is 75.9 Å². The van der Waals surface area contributed by atoms with E-state index in [9.17, 15) is 26.7 Å². The van der Waals surface area contributed by atoms with Crippen molar-refractivity contribution in [3.8, 4) is 5.75 Å². The average molecular weight is 594 g/mol. The van der Waals surface area contributed by atoms with Crippen LogP contribution in [0.2, 0.25) is 0 Å². The number of nitrogens with zero attached hydrogens (tertiary/aromatic N) is 2. The molecule has 13 heteroatoms. The molecule has 1 aliphatic rings. The van der Waals surface area contributed by atoms with Gasteiger partial charge in [-0.25, -0.2) is 16.8 Å². The number of hydrogen-bond acceptors (Lipinski definition) is 8. The van der Waals surface area contributed by atoms with Crippen molar-refractivity contribution >= 4 is 43.0 Å². The van der Waals surface area contributed by atoms with Crippen LogP contribution >= 0.6 is 11.3 Å². The van der Waals surface area contributed by atoms with Crippen molar-refractivity contribution in [2.24, 2.45) is 5.92 Å². The number of anilines is 1. The van der Waals surface area contributed by atoms with Gasteiger partial charge >= 0.3 is 0 Å². The summed E-state index contributed by atoms with van der Waals surface area (Å²) in [5, 5.41) is 11.5. The van der Waals surface area contributed by atoms with Crippen molar-refractivity contribution < 1.29 is 31.5 Å². The molecule has 0 aliphatic carbocycles. The number of rotatable bonds is 9. The molecule has 0 fully saturated rings. The Labute approximate surface area is 232 Å². The van der Waals surface area contributed by atoms with Crippen LogP contribution in [0.3, 0.4) is 0 Å². The van der Waals surface area contributed by atoms with Crippen LogP contribution in [0.1, 0.15) is 24.2 Å². The number of carbonyl (C=O) groups excluding carboxylic acids is 1. The van der Waals surface area contributed by atoms with Gasteiger partial charge in [0.2, 0.25) is 10.0 Å². The fourth-order valence-electron chi connectivity index (χ4n) is 4.28. The number of nitrogens with one attached hydrogen (secondary N) is 1. The molecule has 3 atom stereocenters. The van der Waals surface area contributed by atoms with Crippen molar-refractivity contribution in [1.82, 2.24) is 9.21 Å². The van der Waals surface area contributed by atoms with Crippen molar-refractivity contribution in [3.05, 3.63) is 71.6 Å². The second-order valence-corrected chi connectivity index (χ2v) is 14.3. The van der Waals surface area contributed by atoms with Crippen LogP contribution in [0.15, 0.2) is 75.1 Å². The number of sulfonamides is 2. The quantitative estimate of drug-likeness (QED) is 0.390. The normalized spacial score (nSPS) is 19.1. The minimum absolute atomic E-state index is 0.000157. The molecule has 39 heavy (non-hydrogen) atoms. The van der Waals surface area contributed by atoms with E-state index in [4.69, 9.17) is 4.74 Å². The monoisotopic (exact) mass is 593 g/mol. The lowest BCUT2D eigenvalue weighted by atomic mass is 9.99. The van der Waals surface area contributed by atoms with E-state index in [-0.39, 0.29) is 51.7 Å². The number of hydrogen-bond donors (Lipinski definition) is 2. The number of aliphatic hydroxyl groups excluding tert-OH is 1. The summed E-state index contributed by atoms with van der Waals surface area (Å²) in [7, 11) is -6.38. The summed E-state index contributed by atoms with van der Waals surface area (Å²) in [5.74, 6) is -0.814. The minimum Gasteiger partial charge on any atom is -0.486 e. The molecular weight excluding hydrogens is 563 g/mol. The van der Waals surface area contributed by atoms with Crippen LogP contribution in [-0.2, 0) is 20.0 Å². The van der Waals surface area contributed by atoms with Crippen LogP contribution in [0, 0.1) is 5.92 Å². The first-order valence-corrected chi connectivity index (χ1v) is 16.0. The van der Waals surface area contributed by atoms with Gasteiger partial charge in [0.25, 0.3) is 15.9 Å². The van der Waals surface area contributed by atoms with E-state index in [1.165, 1.54) is 46.6 Å². The Kier molecular flexibility index (Phi) is 8.66. The minimum atomic E-state index is -3.97. The van der Waals surface area contributed by atoms with Crippen LogP contribution < -0.4 is 9.46 Å². The molecule has 1 aromatic heterocycles. The molecule has 2 N–H and O–H groups in total. The predicted molar refractivity (Wildman–Crippen MR) is 149 cm³/mol. The van der Waals surface area contributed by atoms with Gasteiger partial charge in [0.1, 0.15) is 10.3 Å². The molecule has 0 saturated heterocycles. The largest absolute Gasteiger partial charge is 0.486 e. The van der Waals surface area contributed by atoms with Crippen molar-refractivity contribution in [3.63, 3.8) is 0 Å². The molecule has 0 bridgehead atoms. The summed E-state index contributed by atoms with van der Waals surface area (Å²) in [4.78, 5) is 15.2. The van der Waals surface area contributed by atoms with E-state index in [0.717, 1.165) is 11.3 Å². The first-order chi connectivity index (χ1) is 18.5. The highest BCUT2D eigenvalue weighted by Gasteiger charge is 2.36. The summed E-state index contributed by atoms with van der Waals surface area (Å²) < 4.78 is 62.7. The standard InChI is InChI=1S/C26H31N3O7S3/c1-18-15-29(19(2)17-30)26(31)21-11-7-12-22(27-38(32,33)24-13-8-14-37-24)25(21)36-23(18)16-28(3)39(34,35)20-9-5-4-6-10-20/h4-14,18-19,23,27,30H,15-17H2,1-3H3/t18-,19-,23-/m1/s1. The van der Waals surface area contributed by atoms with Gasteiger partial charge in [-0.1, -0.05) is 37.3 Å². The highest BCUT2D eigenvalue weighted by atomic mass is 32.2. The number of aliphatic hydroxyl groups is 1. The van der Waals surface area contributed by atoms with Crippen molar-refractivity contribution in [2.75, 3.05) is 31.5 Å². The van der Waals surface area contributed by atoms with Gasteiger partial charge in [-0.2, -0.15) is 4.31 Å². The van der Waals surface area contributed by atoms with E-state index in [1.807, 2.05) is 6.92 Å². The number of ether oxygens (including phenoxy) is 1. The van der Waals surface area contributed by atoms with Gasteiger partial charge in [0.05, 0.1) is 35.3 Å². The van der Waals surface area contributed by atoms with Gasteiger partial charge in [-0.15, -0.1) is 11.3 Å². The number of likely N-dealkylation sites (N-methyl/N-ethyl adjacent to an activating group) is 1. The SMILES string of the molecule is C[C@@H]1CN([C@H](C)CO)C(=O)c2cccc(NS(=O)(=O)c3cccs3)c2O[C@@H]1CN(C)S(=O)(=O)c1ccccc1. The molecule has 4 rings (SSSR count). The molecule has 0 saturated carbocycles. The van der Waals surface area contributed by atoms with Gasteiger partial charge in [-0.3, -0.25) is 9.52 Å². The fraction of sp³-hybridized carbons (Fsp3) is 0.346. The molecule has 0 spiro atoms. The highest BCUT2D eigenvalue weighted by Crippen LogP contribution is 2.36. The second kappa shape index (κ2) is 11.6. The van der Waals surface area contributed by atoms with Crippen LogP contribution in [0.5, 0.6) is 5.75 Å². The van der Waals surface area contributed by atoms with Crippen molar-refractivity contribution in [1.29, 1.82) is 0 Å². The second-order valence-electron chi connectivity index (χ2n) is 9.44.